The molecule has 0 aliphatic carbocycles. The molecule has 0 aromatic carbocycles. The number of halogens is 6. The summed E-state index contributed by atoms with van der Waals surface area (Å²) in [6.45, 7) is 5.97. The monoisotopic (exact) mass is 548 g/mol. The molecule has 212 valence electrons. The van der Waals surface area contributed by atoms with E-state index in [0.29, 0.717) is 11.5 Å². The van der Waals surface area contributed by atoms with Gasteiger partial charge in [0.05, 0.1) is 19.3 Å². The highest BCUT2D eigenvalue weighted by Crippen LogP contribution is 2.44. The SMILES string of the molecule is COCCN1CCC2(CC1)CC(COC)N(c1ncccn1)C2.O=C(O)C(F)(F)F.O=C(O)C(F)(F)F. The van der Waals surface area contributed by atoms with Gasteiger partial charge in [0.1, 0.15) is 0 Å². The van der Waals surface area contributed by atoms with Crippen LogP contribution >= 0.6 is 0 Å². The molecular formula is C21H30F6N4O6. The molecule has 16 heteroatoms. The topological polar surface area (TPSA) is 125 Å². The second-order valence-electron chi connectivity index (χ2n) is 8.43. The van der Waals surface area contributed by atoms with E-state index in [0.717, 1.165) is 45.3 Å². The van der Waals surface area contributed by atoms with Crippen molar-refractivity contribution < 1.29 is 55.6 Å². The molecule has 1 atom stereocenters. The van der Waals surface area contributed by atoms with Crippen molar-refractivity contribution in [1.29, 1.82) is 0 Å². The molecule has 2 aliphatic rings. The Labute approximate surface area is 209 Å². The van der Waals surface area contributed by atoms with Crippen molar-refractivity contribution in [2.24, 2.45) is 5.41 Å². The van der Waals surface area contributed by atoms with E-state index in [1.807, 2.05) is 18.5 Å². The van der Waals surface area contributed by atoms with Crippen molar-refractivity contribution in [2.45, 2.75) is 37.7 Å². The normalized spacial score (nSPS) is 19.5. The number of piperidine rings is 1. The van der Waals surface area contributed by atoms with Gasteiger partial charge in [-0.05, 0) is 43.8 Å². The molecule has 1 aromatic heterocycles. The number of ether oxygens (including phenoxy) is 2. The van der Waals surface area contributed by atoms with Crippen molar-refractivity contribution in [1.82, 2.24) is 14.9 Å². The van der Waals surface area contributed by atoms with E-state index >= 15 is 0 Å². The molecule has 0 amide bonds. The lowest BCUT2D eigenvalue weighted by atomic mass is 9.76. The number of methoxy groups -OCH3 is 2. The maximum absolute atomic E-state index is 10.6. The summed E-state index contributed by atoms with van der Waals surface area (Å²) in [5, 5.41) is 14.2. The number of likely N-dealkylation sites (tertiary alicyclic amines) is 1. The smallest absolute Gasteiger partial charge is 0.475 e. The lowest BCUT2D eigenvalue weighted by Gasteiger charge is -2.39. The lowest BCUT2D eigenvalue weighted by Crippen LogP contribution is -2.42. The van der Waals surface area contributed by atoms with Crippen LogP contribution in [0, 0.1) is 5.41 Å². The Balaban J connectivity index is 0.000000404. The molecule has 10 nitrogen and oxygen atoms in total. The first-order chi connectivity index (χ1) is 17.1. The lowest BCUT2D eigenvalue weighted by molar-refractivity contribution is -0.193. The van der Waals surface area contributed by atoms with Crippen LogP contribution in [0.1, 0.15) is 19.3 Å². The summed E-state index contributed by atoms with van der Waals surface area (Å²) >= 11 is 0. The summed E-state index contributed by atoms with van der Waals surface area (Å²) in [5.74, 6) is -4.67. The van der Waals surface area contributed by atoms with E-state index in [1.165, 1.54) is 19.3 Å². The third-order valence-corrected chi connectivity index (χ3v) is 5.80. The molecule has 3 rings (SSSR count). The first-order valence-corrected chi connectivity index (χ1v) is 11.0. The number of carbonyl (C=O) groups is 2. The van der Waals surface area contributed by atoms with Gasteiger partial charge in [0.2, 0.25) is 5.95 Å². The average Bonchev–Trinajstić information content (AvgIpc) is 3.17. The van der Waals surface area contributed by atoms with Gasteiger partial charge in [0.25, 0.3) is 0 Å². The fourth-order valence-electron chi connectivity index (χ4n) is 4.01. The average molecular weight is 548 g/mol. The first kappa shape index (κ1) is 32.3. The van der Waals surface area contributed by atoms with Crippen LogP contribution in [0.2, 0.25) is 0 Å². The van der Waals surface area contributed by atoms with E-state index < -0.39 is 24.3 Å². The minimum atomic E-state index is -5.08. The maximum Gasteiger partial charge on any atom is 0.490 e. The van der Waals surface area contributed by atoms with Crippen LogP contribution in [-0.2, 0) is 19.1 Å². The summed E-state index contributed by atoms with van der Waals surface area (Å²) in [7, 11) is 3.55. The van der Waals surface area contributed by atoms with Gasteiger partial charge in [0, 0.05) is 39.7 Å². The molecule has 1 spiro atoms. The minimum absolute atomic E-state index is 0.381. The van der Waals surface area contributed by atoms with E-state index in [4.69, 9.17) is 29.3 Å². The number of rotatable bonds is 6. The molecule has 2 saturated heterocycles. The summed E-state index contributed by atoms with van der Waals surface area (Å²) < 4.78 is 74.1. The molecule has 1 unspecified atom stereocenters. The van der Waals surface area contributed by atoms with E-state index in [2.05, 4.69) is 19.8 Å². The number of carboxylic acid groups (broad SMARTS) is 2. The number of anilines is 1. The number of aromatic nitrogens is 2. The van der Waals surface area contributed by atoms with Crippen molar-refractivity contribution in [3.63, 3.8) is 0 Å². The Morgan fingerprint density at radius 3 is 1.89 bits per heavy atom. The Morgan fingerprint density at radius 2 is 1.49 bits per heavy atom. The van der Waals surface area contributed by atoms with E-state index in [9.17, 15) is 26.3 Å². The predicted molar refractivity (Wildman–Crippen MR) is 117 cm³/mol. The van der Waals surface area contributed by atoms with Crippen LogP contribution in [0.25, 0.3) is 0 Å². The molecule has 3 heterocycles. The second kappa shape index (κ2) is 14.3. The highest BCUT2D eigenvalue weighted by Gasteiger charge is 2.46. The summed E-state index contributed by atoms with van der Waals surface area (Å²) in [6.07, 6.45) is -2.87. The zero-order chi connectivity index (χ0) is 28.3. The predicted octanol–water partition coefficient (Wildman–Crippen LogP) is 2.70. The van der Waals surface area contributed by atoms with Crippen molar-refractivity contribution >= 4 is 17.9 Å². The molecule has 1 aromatic rings. The highest BCUT2D eigenvalue weighted by molar-refractivity contribution is 5.73. The molecular weight excluding hydrogens is 518 g/mol. The molecule has 2 aliphatic heterocycles. The quantitative estimate of drug-likeness (QED) is 0.513. The first-order valence-electron chi connectivity index (χ1n) is 11.0. The highest BCUT2D eigenvalue weighted by atomic mass is 19.4. The number of alkyl halides is 6. The standard InChI is InChI=1S/C17H28N4O2.2C2HF3O2/c1-22-11-10-20-8-4-17(5-9-20)12-15(13-23-2)21(14-17)16-18-6-3-7-19-16;2*3-2(4,5)1(6)7/h3,6-7,15H,4-5,8-14H2,1-2H3;2*(H,6,7). The van der Waals surface area contributed by atoms with Gasteiger partial charge in [-0.3, -0.25) is 0 Å². The van der Waals surface area contributed by atoms with Gasteiger partial charge in [-0.2, -0.15) is 26.3 Å². The van der Waals surface area contributed by atoms with Crippen molar-refractivity contribution in [3.05, 3.63) is 18.5 Å². The molecule has 2 N–H and O–H groups in total. The zero-order valence-corrected chi connectivity index (χ0v) is 20.3. The summed E-state index contributed by atoms with van der Waals surface area (Å²) in [5.41, 5.74) is 0.381. The number of hydrogen-bond acceptors (Lipinski definition) is 8. The van der Waals surface area contributed by atoms with Gasteiger partial charge in [-0.25, -0.2) is 19.6 Å². The minimum Gasteiger partial charge on any atom is -0.475 e. The van der Waals surface area contributed by atoms with Gasteiger partial charge >= 0.3 is 24.3 Å². The summed E-state index contributed by atoms with van der Waals surface area (Å²) in [4.78, 5) is 31.6. The Morgan fingerprint density at radius 1 is 1.00 bits per heavy atom. The Hall–Kier alpha value is -2.72. The third-order valence-electron chi connectivity index (χ3n) is 5.80. The second-order valence-corrected chi connectivity index (χ2v) is 8.43. The van der Waals surface area contributed by atoms with Crippen molar-refractivity contribution in [3.8, 4) is 0 Å². The summed E-state index contributed by atoms with van der Waals surface area (Å²) in [6, 6.07) is 2.25. The van der Waals surface area contributed by atoms with Gasteiger partial charge < -0.3 is 29.5 Å². The van der Waals surface area contributed by atoms with Gasteiger partial charge in [-0.1, -0.05) is 0 Å². The molecule has 0 saturated carbocycles. The van der Waals surface area contributed by atoms with E-state index in [-0.39, 0.29) is 0 Å². The number of carboxylic acids is 2. The fraction of sp³-hybridized carbons (Fsp3) is 0.714. The Bertz CT molecular complexity index is 811. The van der Waals surface area contributed by atoms with Gasteiger partial charge in [-0.15, -0.1) is 0 Å². The maximum atomic E-state index is 10.6. The molecule has 37 heavy (non-hydrogen) atoms. The van der Waals surface area contributed by atoms with Gasteiger partial charge in [0.15, 0.2) is 0 Å². The number of hydrogen-bond donors (Lipinski definition) is 2. The van der Waals surface area contributed by atoms with Crippen molar-refractivity contribution in [2.75, 3.05) is 58.5 Å². The van der Waals surface area contributed by atoms with Crippen LogP contribution in [0.3, 0.4) is 0 Å². The van der Waals surface area contributed by atoms with Crippen LogP contribution in [0.15, 0.2) is 18.5 Å². The molecule has 2 fully saturated rings. The molecule has 0 bridgehead atoms. The van der Waals surface area contributed by atoms with Crippen LogP contribution in [0.4, 0.5) is 32.3 Å². The number of aliphatic carboxylic acids is 2. The molecule has 0 radical (unpaired) electrons. The fourth-order valence-corrected chi connectivity index (χ4v) is 4.01. The zero-order valence-electron chi connectivity index (χ0n) is 20.3. The van der Waals surface area contributed by atoms with Crippen LogP contribution in [0.5, 0.6) is 0 Å². The van der Waals surface area contributed by atoms with Crippen LogP contribution < -0.4 is 4.90 Å². The van der Waals surface area contributed by atoms with Crippen LogP contribution in [-0.4, -0.2) is 109 Å². The number of nitrogens with zero attached hydrogens (tertiary/aromatic N) is 4. The largest absolute Gasteiger partial charge is 0.490 e. The Kier molecular flexibility index (Phi) is 12.5. The van der Waals surface area contributed by atoms with E-state index in [1.54, 1.807) is 14.2 Å². The third kappa shape index (κ3) is 11.1.